The molecule has 1 aromatic heterocycles. The van der Waals surface area contributed by atoms with Gasteiger partial charge in [0.1, 0.15) is 0 Å². The van der Waals surface area contributed by atoms with Crippen LogP contribution >= 0.6 is 0 Å². The Labute approximate surface area is 113 Å². The summed E-state index contributed by atoms with van der Waals surface area (Å²) in [6, 6.07) is 2.74. The second-order valence-electron chi connectivity index (χ2n) is 4.21. The van der Waals surface area contributed by atoms with Crippen LogP contribution in [-0.4, -0.2) is 43.8 Å². The minimum Gasteiger partial charge on any atom is -0.351 e. The van der Waals surface area contributed by atoms with Gasteiger partial charge in [0.15, 0.2) is 0 Å². The molecular formula is C11H18N4O3S. The van der Waals surface area contributed by atoms with Gasteiger partial charge in [0, 0.05) is 33.0 Å². The van der Waals surface area contributed by atoms with Crippen molar-refractivity contribution in [3.8, 4) is 0 Å². The first kappa shape index (κ1) is 15.5. The molecule has 0 aromatic carbocycles. The van der Waals surface area contributed by atoms with E-state index < -0.39 is 22.2 Å². The molecular weight excluding hydrogens is 268 g/mol. The summed E-state index contributed by atoms with van der Waals surface area (Å²) in [6.07, 6.45) is 3.27. The lowest BCUT2D eigenvalue weighted by molar-refractivity contribution is -0.122. The molecule has 0 spiro atoms. The molecule has 1 atom stereocenters. The maximum absolute atomic E-state index is 11.7. The Balaban J connectivity index is 2.50. The number of aromatic nitrogens is 1. The van der Waals surface area contributed by atoms with Gasteiger partial charge in [-0.05, 0) is 18.6 Å². The molecule has 0 fully saturated rings. The number of nitrogens with one attached hydrogen (secondary N) is 2. The summed E-state index contributed by atoms with van der Waals surface area (Å²) in [6.45, 7) is 1.79. The standard InChI is InChI=1S/C11H18N4O3S/c1-9(14-19(17,18)15(2)3)11(16)13-8-10-5-4-6-12-7-10/h4-7,9,14H,8H2,1-3H3,(H,13,16)/t9-/m0/s1. The monoisotopic (exact) mass is 286 g/mol. The van der Waals surface area contributed by atoms with E-state index in [1.165, 1.54) is 21.0 Å². The molecule has 0 saturated heterocycles. The Morgan fingerprint density at radius 2 is 2.16 bits per heavy atom. The van der Waals surface area contributed by atoms with Crippen molar-refractivity contribution in [1.29, 1.82) is 0 Å². The van der Waals surface area contributed by atoms with E-state index in [2.05, 4.69) is 15.0 Å². The Morgan fingerprint density at radius 3 is 2.68 bits per heavy atom. The summed E-state index contributed by atoms with van der Waals surface area (Å²) in [5, 5.41) is 2.64. The lowest BCUT2D eigenvalue weighted by Crippen LogP contribution is -2.48. The van der Waals surface area contributed by atoms with Crippen molar-refractivity contribution in [2.75, 3.05) is 14.1 Å². The van der Waals surface area contributed by atoms with Crippen LogP contribution in [0.1, 0.15) is 12.5 Å². The predicted molar refractivity (Wildman–Crippen MR) is 71.3 cm³/mol. The number of amides is 1. The third kappa shape index (κ3) is 4.93. The lowest BCUT2D eigenvalue weighted by atomic mass is 10.2. The molecule has 7 nitrogen and oxygen atoms in total. The van der Waals surface area contributed by atoms with Gasteiger partial charge in [-0.15, -0.1) is 0 Å². The molecule has 1 heterocycles. The largest absolute Gasteiger partial charge is 0.351 e. The van der Waals surface area contributed by atoms with Crippen LogP contribution in [0.15, 0.2) is 24.5 Å². The number of nitrogens with zero attached hydrogens (tertiary/aromatic N) is 2. The van der Waals surface area contributed by atoms with E-state index in [9.17, 15) is 13.2 Å². The Hall–Kier alpha value is -1.51. The third-order valence-electron chi connectivity index (χ3n) is 2.39. The maximum Gasteiger partial charge on any atom is 0.279 e. The summed E-state index contributed by atoms with van der Waals surface area (Å²) in [5.41, 5.74) is 0.846. The molecule has 0 aliphatic carbocycles. The van der Waals surface area contributed by atoms with Crippen LogP contribution < -0.4 is 10.0 Å². The van der Waals surface area contributed by atoms with Crippen molar-refractivity contribution >= 4 is 16.1 Å². The first-order chi connectivity index (χ1) is 8.83. The molecule has 2 N–H and O–H groups in total. The van der Waals surface area contributed by atoms with Crippen molar-refractivity contribution in [3.63, 3.8) is 0 Å². The summed E-state index contributed by atoms with van der Waals surface area (Å²) in [4.78, 5) is 15.7. The average Bonchev–Trinajstić information content (AvgIpc) is 2.36. The number of carbonyl (C=O) groups excluding carboxylic acids is 1. The Morgan fingerprint density at radius 1 is 1.47 bits per heavy atom. The fourth-order valence-electron chi connectivity index (χ4n) is 1.23. The second-order valence-corrected chi connectivity index (χ2v) is 6.12. The highest BCUT2D eigenvalue weighted by atomic mass is 32.2. The number of carbonyl (C=O) groups is 1. The van der Waals surface area contributed by atoms with Gasteiger partial charge in [0.05, 0.1) is 6.04 Å². The van der Waals surface area contributed by atoms with Gasteiger partial charge in [-0.2, -0.15) is 17.4 Å². The molecule has 1 aromatic rings. The van der Waals surface area contributed by atoms with Crippen LogP contribution in [0.3, 0.4) is 0 Å². The second kappa shape index (κ2) is 6.60. The van der Waals surface area contributed by atoms with Crippen molar-refractivity contribution in [1.82, 2.24) is 19.3 Å². The first-order valence-electron chi connectivity index (χ1n) is 5.69. The van der Waals surface area contributed by atoms with Crippen LogP contribution in [-0.2, 0) is 21.5 Å². The smallest absolute Gasteiger partial charge is 0.279 e. The van der Waals surface area contributed by atoms with E-state index in [0.29, 0.717) is 6.54 Å². The van der Waals surface area contributed by atoms with Crippen LogP contribution in [0, 0.1) is 0 Å². The topological polar surface area (TPSA) is 91.4 Å². The third-order valence-corrected chi connectivity index (χ3v) is 4.00. The summed E-state index contributed by atoms with van der Waals surface area (Å²) >= 11 is 0. The molecule has 0 saturated carbocycles. The molecule has 1 rings (SSSR count). The first-order valence-corrected chi connectivity index (χ1v) is 7.13. The molecule has 0 aliphatic heterocycles. The molecule has 0 aliphatic rings. The van der Waals surface area contributed by atoms with Crippen molar-refractivity contribution in [3.05, 3.63) is 30.1 Å². The fourth-order valence-corrected chi connectivity index (χ4v) is 1.99. The van der Waals surface area contributed by atoms with Gasteiger partial charge < -0.3 is 5.32 Å². The molecule has 19 heavy (non-hydrogen) atoms. The maximum atomic E-state index is 11.7. The van der Waals surface area contributed by atoms with Crippen molar-refractivity contribution < 1.29 is 13.2 Å². The van der Waals surface area contributed by atoms with Gasteiger partial charge in [0.2, 0.25) is 5.91 Å². The minimum absolute atomic E-state index is 0.306. The highest BCUT2D eigenvalue weighted by Gasteiger charge is 2.21. The zero-order chi connectivity index (χ0) is 14.5. The zero-order valence-corrected chi connectivity index (χ0v) is 11.9. The van der Waals surface area contributed by atoms with Gasteiger partial charge in [-0.25, -0.2) is 0 Å². The number of pyridine rings is 1. The Bertz CT molecular complexity index is 516. The van der Waals surface area contributed by atoms with Gasteiger partial charge in [0.25, 0.3) is 10.2 Å². The van der Waals surface area contributed by atoms with Crippen molar-refractivity contribution in [2.24, 2.45) is 0 Å². The van der Waals surface area contributed by atoms with Crippen LogP contribution in [0.25, 0.3) is 0 Å². The fraction of sp³-hybridized carbons (Fsp3) is 0.455. The number of hydrogen-bond donors (Lipinski definition) is 2. The molecule has 0 radical (unpaired) electrons. The van der Waals surface area contributed by atoms with E-state index >= 15 is 0 Å². The highest BCUT2D eigenvalue weighted by Crippen LogP contribution is 1.96. The quantitative estimate of drug-likeness (QED) is 0.736. The van der Waals surface area contributed by atoms with Gasteiger partial charge in [-0.3, -0.25) is 9.78 Å². The predicted octanol–water partition coefficient (Wildman–Crippen LogP) is -0.518. The van der Waals surface area contributed by atoms with E-state index in [4.69, 9.17) is 0 Å². The van der Waals surface area contributed by atoms with E-state index in [-0.39, 0.29) is 0 Å². The van der Waals surface area contributed by atoms with E-state index in [0.717, 1.165) is 9.87 Å². The molecule has 0 unspecified atom stereocenters. The molecule has 8 heteroatoms. The summed E-state index contributed by atoms with van der Waals surface area (Å²) in [7, 11) is -0.832. The highest BCUT2D eigenvalue weighted by molar-refractivity contribution is 7.87. The molecule has 1 amide bonds. The average molecular weight is 286 g/mol. The van der Waals surface area contributed by atoms with Crippen LogP contribution in [0.4, 0.5) is 0 Å². The van der Waals surface area contributed by atoms with Gasteiger partial charge >= 0.3 is 0 Å². The van der Waals surface area contributed by atoms with Gasteiger partial charge in [-0.1, -0.05) is 6.07 Å². The summed E-state index contributed by atoms with van der Waals surface area (Å²) < 4.78 is 26.4. The van der Waals surface area contributed by atoms with Crippen LogP contribution in [0.2, 0.25) is 0 Å². The zero-order valence-electron chi connectivity index (χ0n) is 11.1. The normalized spacial score (nSPS) is 13.3. The SMILES string of the molecule is C[C@H](NS(=O)(=O)N(C)C)C(=O)NCc1cccnc1. The van der Waals surface area contributed by atoms with E-state index in [1.807, 2.05) is 6.07 Å². The van der Waals surface area contributed by atoms with Crippen LogP contribution in [0.5, 0.6) is 0 Å². The number of rotatable bonds is 6. The minimum atomic E-state index is -3.62. The summed E-state index contributed by atoms with van der Waals surface area (Å²) in [5.74, 6) is -0.394. The van der Waals surface area contributed by atoms with Crippen molar-refractivity contribution in [2.45, 2.75) is 19.5 Å². The molecule has 0 bridgehead atoms. The van der Waals surface area contributed by atoms with E-state index in [1.54, 1.807) is 18.5 Å². The lowest BCUT2D eigenvalue weighted by Gasteiger charge is -2.17. The number of hydrogen-bond acceptors (Lipinski definition) is 4. The molecule has 106 valence electrons. The Kier molecular flexibility index (Phi) is 5.40.